The molecule has 1 amide bonds. The van der Waals surface area contributed by atoms with E-state index >= 15 is 0 Å². The van der Waals surface area contributed by atoms with Gasteiger partial charge in [0.2, 0.25) is 11.7 Å². The number of carbonyl (C=O) groups excluding carboxylic acids is 1. The summed E-state index contributed by atoms with van der Waals surface area (Å²) in [4.78, 5) is 24.7. The summed E-state index contributed by atoms with van der Waals surface area (Å²) >= 11 is 5.58. The van der Waals surface area contributed by atoms with Gasteiger partial charge in [-0.1, -0.05) is 11.6 Å². The third kappa shape index (κ3) is 3.06. The van der Waals surface area contributed by atoms with Crippen molar-refractivity contribution >= 4 is 29.0 Å². The Morgan fingerprint density at radius 3 is 2.94 bits per heavy atom. The number of aromatic nitrogens is 1. The summed E-state index contributed by atoms with van der Waals surface area (Å²) in [5, 5.41) is 15.7. The molecule has 1 aromatic heterocycles. The monoisotopic (exact) mass is 244 g/mol. The molecular weight excluding hydrogens is 236 g/mol. The number of nitrogens with one attached hydrogen (secondary N) is 2. The van der Waals surface area contributed by atoms with Gasteiger partial charge in [0, 0.05) is 19.3 Å². The molecule has 16 heavy (non-hydrogen) atoms. The Bertz CT molecular complexity index is 424. The summed E-state index contributed by atoms with van der Waals surface area (Å²) < 4.78 is 0. The molecule has 1 rings (SSSR count). The van der Waals surface area contributed by atoms with Crippen LogP contribution in [0.15, 0.2) is 12.3 Å². The van der Waals surface area contributed by atoms with Crippen LogP contribution in [0.5, 0.6) is 0 Å². The zero-order chi connectivity index (χ0) is 12.1. The Hall–Kier alpha value is -1.89. The van der Waals surface area contributed by atoms with E-state index in [0.717, 1.165) is 0 Å². The fourth-order valence-electron chi connectivity index (χ4n) is 0.956. The first-order chi connectivity index (χ1) is 7.54. The molecule has 0 aromatic carbocycles. The number of hydrogen-bond acceptors (Lipinski definition) is 5. The maximum absolute atomic E-state index is 10.9. The number of amides is 1. The van der Waals surface area contributed by atoms with Crippen molar-refractivity contribution in [3.05, 3.63) is 27.4 Å². The third-order valence-electron chi connectivity index (χ3n) is 1.73. The van der Waals surface area contributed by atoms with Gasteiger partial charge in [0.05, 0.1) is 16.5 Å². The van der Waals surface area contributed by atoms with E-state index in [0.29, 0.717) is 0 Å². The van der Waals surface area contributed by atoms with E-state index in [-0.39, 0.29) is 29.0 Å². The van der Waals surface area contributed by atoms with Gasteiger partial charge in [0.1, 0.15) is 0 Å². The van der Waals surface area contributed by atoms with Crippen LogP contribution in [-0.2, 0) is 4.79 Å². The van der Waals surface area contributed by atoms with Crippen molar-refractivity contribution in [2.24, 2.45) is 0 Å². The lowest BCUT2D eigenvalue weighted by Gasteiger charge is -2.04. The van der Waals surface area contributed by atoms with Gasteiger partial charge in [-0.15, -0.1) is 0 Å². The van der Waals surface area contributed by atoms with Crippen molar-refractivity contribution < 1.29 is 9.72 Å². The summed E-state index contributed by atoms with van der Waals surface area (Å²) in [6.45, 7) is -0.0913. The van der Waals surface area contributed by atoms with Gasteiger partial charge in [-0.05, 0) is 0 Å². The first-order valence-corrected chi connectivity index (χ1v) is 4.66. The van der Waals surface area contributed by atoms with Crippen LogP contribution >= 0.6 is 11.6 Å². The number of anilines is 1. The number of halogens is 1. The smallest absolute Gasteiger partial charge is 0.312 e. The molecule has 0 atom stereocenters. The van der Waals surface area contributed by atoms with Gasteiger partial charge in [-0.25, -0.2) is 4.98 Å². The number of nitro groups is 1. The van der Waals surface area contributed by atoms with E-state index in [4.69, 9.17) is 11.6 Å². The van der Waals surface area contributed by atoms with Gasteiger partial charge in [-0.2, -0.15) is 0 Å². The van der Waals surface area contributed by atoms with E-state index in [2.05, 4.69) is 15.6 Å². The van der Waals surface area contributed by atoms with Crippen LogP contribution in [0.3, 0.4) is 0 Å². The molecule has 2 N–H and O–H groups in total. The van der Waals surface area contributed by atoms with Crippen molar-refractivity contribution in [3.63, 3.8) is 0 Å². The van der Waals surface area contributed by atoms with E-state index in [1.165, 1.54) is 19.3 Å². The fourth-order valence-corrected chi connectivity index (χ4v) is 1.11. The molecule has 1 heterocycles. The first-order valence-electron chi connectivity index (χ1n) is 4.29. The fraction of sp³-hybridized carbons (Fsp3) is 0.250. The van der Waals surface area contributed by atoms with Crippen molar-refractivity contribution in [1.29, 1.82) is 0 Å². The van der Waals surface area contributed by atoms with Crippen LogP contribution in [0.1, 0.15) is 0 Å². The van der Waals surface area contributed by atoms with Crippen LogP contribution in [0.4, 0.5) is 11.5 Å². The van der Waals surface area contributed by atoms with Crippen LogP contribution in [0.25, 0.3) is 0 Å². The number of carbonyl (C=O) groups is 1. The summed E-state index contributed by atoms with van der Waals surface area (Å²) in [5.41, 5.74) is -0.267. The van der Waals surface area contributed by atoms with E-state index in [1.807, 2.05) is 0 Å². The highest BCUT2D eigenvalue weighted by atomic mass is 35.5. The first kappa shape index (κ1) is 12.2. The molecule has 1 aromatic rings. The predicted molar refractivity (Wildman–Crippen MR) is 58.5 cm³/mol. The van der Waals surface area contributed by atoms with E-state index < -0.39 is 4.92 Å². The molecule has 0 aliphatic carbocycles. The molecule has 0 aliphatic rings. The predicted octanol–water partition coefficient (Wildman–Crippen LogP) is 0.801. The molecule has 0 aliphatic heterocycles. The summed E-state index contributed by atoms with van der Waals surface area (Å²) in [7, 11) is 1.47. The van der Waals surface area contributed by atoms with E-state index in [9.17, 15) is 14.9 Å². The van der Waals surface area contributed by atoms with Crippen LogP contribution in [-0.4, -0.2) is 29.4 Å². The number of nitrogens with zero attached hydrogens (tertiary/aromatic N) is 2. The molecule has 0 saturated heterocycles. The SMILES string of the molecule is CNC(=O)CNc1ncc(Cl)cc1[N+](=O)[O-]. The Morgan fingerprint density at radius 1 is 1.69 bits per heavy atom. The second-order valence-electron chi connectivity index (χ2n) is 2.81. The lowest BCUT2D eigenvalue weighted by Crippen LogP contribution is -2.26. The Balaban J connectivity index is 2.87. The highest BCUT2D eigenvalue weighted by Gasteiger charge is 2.16. The molecule has 86 valence electrons. The van der Waals surface area contributed by atoms with Gasteiger partial charge in [0.25, 0.3) is 0 Å². The minimum absolute atomic E-state index is 0.0120. The maximum atomic E-state index is 10.9. The largest absolute Gasteiger partial charge is 0.358 e. The lowest BCUT2D eigenvalue weighted by molar-refractivity contribution is -0.384. The van der Waals surface area contributed by atoms with Gasteiger partial charge in [0.15, 0.2) is 0 Å². The second kappa shape index (κ2) is 5.26. The molecule has 0 radical (unpaired) electrons. The molecule has 0 bridgehead atoms. The second-order valence-corrected chi connectivity index (χ2v) is 3.24. The number of hydrogen-bond donors (Lipinski definition) is 2. The molecule has 7 nitrogen and oxygen atoms in total. The standard InChI is InChI=1S/C8H9ClN4O3/c1-10-7(14)4-12-8-6(13(15)16)2-5(9)3-11-8/h2-3H,4H2,1H3,(H,10,14)(H,11,12). The molecular formula is C8H9ClN4O3. The topological polar surface area (TPSA) is 97.2 Å². The highest BCUT2D eigenvalue weighted by Crippen LogP contribution is 2.24. The average Bonchev–Trinajstić information content (AvgIpc) is 2.26. The van der Waals surface area contributed by atoms with Gasteiger partial charge < -0.3 is 10.6 Å². The molecule has 0 spiro atoms. The van der Waals surface area contributed by atoms with Gasteiger partial charge >= 0.3 is 5.69 Å². The maximum Gasteiger partial charge on any atom is 0.312 e. The average molecular weight is 245 g/mol. The number of rotatable bonds is 4. The van der Waals surface area contributed by atoms with Crippen molar-refractivity contribution in [3.8, 4) is 0 Å². The van der Waals surface area contributed by atoms with Crippen molar-refractivity contribution in [2.45, 2.75) is 0 Å². The third-order valence-corrected chi connectivity index (χ3v) is 1.93. The summed E-state index contributed by atoms with van der Waals surface area (Å²) in [5.74, 6) is -0.288. The number of pyridine rings is 1. The Labute approximate surface area is 96.0 Å². The van der Waals surface area contributed by atoms with Crippen molar-refractivity contribution in [1.82, 2.24) is 10.3 Å². The Kier molecular flexibility index (Phi) is 4.01. The highest BCUT2D eigenvalue weighted by molar-refractivity contribution is 6.30. The van der Waals surface area contributed by atoms with Crippen molar-refractivity contribution in [2.75, 3.05) is 18.9 Å². The van der Waals surface area contributed by atoms with E-state index in [1.54, 1.807) is 0 Å². The molecule has 0 unspecified atom stereocenters. The zero-order valence-corrected chi connectivity index (χ0v) is 9.11. The normalized spacial score (nSPS) is 9.62. The molecule has 0 fully saturated rings. The van der Waals surface area contributed by atoms with Crippen LogP contribution < -0.4 is 10.6 Å². The molecule has 0 saturated carbocycles. The molecule has 8 heteroatoms. The van der Waals surface area contributed by atoms with Crippen LogP contribution in [0, 0.1) is 10.1 Å². The minimum Gasteiger partial charge on any atom is -0.358 e. The lowest BCUT2D eigenvalue weighted by atomic mass is 10.4. The summed E-state index contributed by atoms with van der Waals surface area (Å²) in [6.07, 6.45) is 1.26. The van der Waals surface area contributed by atoms with Gasteiger partial charge in [-0.3, -0.25) is 14.9 Å². The zero-order valence-electron chi connectivity index (χ0n) is 8.36. The number of likely N-dealkylation sites (N-methyl/N-ethyl adjacent to an activating group) is 1. The Morgan fingerprint density at radius 2 is 2.38 bits per heavy atom. The minimum atomic E-state index is -0.620. The quantitative estimate of drug-likeness (QED) is 0.603. The summed E-state index contributed by atoms with van der Waals surface area (Å²) in [6, 6.07) is 1.17. The van der Waals surface area contributed by atoms with Crippen LogP contribution in [0.2, 0.25) is 5.02 Å².